The number of amides is 1. The van der Waals surface area contributed by atoms with E-state index in [1.807, 2.05) is 24.3 Å². The van der Waals surface area contributed by atoms with Crippen LogP contribution in [0.3, 0.4) is 0 Å². The van der Waals surface area contributed by atoms with Crippen LogP contribution in [0.25, 0.3) is 0 Å². The molecule has 2 unspecified atom stereocenters. The minimum absolute atomic E-state index is 0.00901. The molecule has 2 atom stereocenters. The molecule has 1 saturated carbocycles. The molecule has 0 saturated heterocycles. The van der Waals surface area contributed by atoms with Crippen molar-refractivity contribution in [2.24, 2.45) is 5.92 Å². The lowest BCUT2D eigenvalue weighted by Gasteiger charge is -2.12. The van der Waals surface area contributed by atoms with Crippen LogP contribution in [0.5, 0.6) is 0 Å². The van der Waals surface area contributed by atoms with Crippen molar-refractivity contribution >= 4 is 35.2 Å². The first-order chi connectivity index (χ1) is 10.0. The van der Waals surface area contributed by atoms with Crippen molar-refractivity contribution in [1.29, 1.82) is 0 Å². The molecule has 6 heteroatoms. The molecule has 1 fully saturated rings. The van der Waals surface area contributed by atoms with Crippen LogP contribution in [-0.4, -0.2) is 28.8 Å². The van der Waals surface area contributed by atoms with E-state index in [4.69, 9.17) is 16.7 Å². The van der Waals surface area contributed by atoms with E-state index in [-0.39, 0.29) is 17.9 Å². The quantitative estimate of drug-likeness (QED) is 0.843. The van der Waals surface area contributed by atoms with Crippen LogP contribution in [0.1, 0.15) is 24.8 Å². The second kappa shape index (κ2) is 7.71. The van der Waals surface area contributed by atoms with Gasteiger partial charge in [0.2, 0.25) is 5.91 Å². The molecule has 2 rings (SSSR count). The van der Waals surface area contributed by atoms with E-state index in [9.17, 15) is 9.59 Å². The third kappa shape index (κ3) is 5.25. The Morgan fingerprint density at radius 2 is 2.00 bits per heavy atom. The van der Waals surface area contributed by atoms with Crippen LogP contribution in [0.15, 0.2) is 24.3 Å². The summed E-state index contributed by atoms with van der Waals surface area (Å²) in [5.74, 6) is 0.0510. The van der Waals surface area contributed by atoms with Gasteiger partial charge < -0.3 is 10.4 Å². The van der Waals surface area contributed by atoms with E-state index in [0.29, 0.717) is 23.6 Å². The standard InChI is InChI=1S/C15H18ClNO3S/c16-12-4-1-10(2-5-12)8-21-9-14(18)17-13-6-3-11(7-13)15(19)20/h1-2,4-5,11,13H,3,6-9H2,(H,17,18)(H,19,20). The first-order valence-electron chi connectivity index (χ1n) is 6.89. The summed E-state index contributed by atoms with van der Waals surface area (Å²) in [6.45, 7) is 0. The highest BCUT2D eigenvalue weighted by molar-refractivity contribution is 7.99. The Balaban J connectivity index is 1.66. The van der Waals surface area contributed by atoms with Crippen molar-refractivity contribution in [3.63, 3.8) is 0 Å². The molecule has 0 spiro atoms. The smallest absolute Gasteiger partial charge is 0.306 e. The third-order valence-corrected chi connectivity index (χ3v) is 4.82. The summed E-state index contributed by atoms with van der Waals surface area (Å²) in [4.78, 5) is 22.7. The second-order valence-electron chi connectivity index (χ2n) is 5.23. The number of hydrogen-bond donors (Lipinski definition) is 2. The van der Waals surface area contributed by atoms with Gasteiger partial charge in [-0.25, -0.2) is 0 Å². The van der Waals surface area contributed by atoms with Crippen molar-refractivity contribution in [2.75, 3.05) is 5.75 Å². The fourth-order valence-electron chi connectivity index (χ4n) is 2.45. The highest BCUT2D eigenvalue weighted by Crippen LogP contribution is 2.25. The maximum absolute atomic E-state index is 11.8. The van der Waals surface area contributed by atoms with Gasteiger partial charge in [-0.2, -0.15) is 0 Å². The van der Waals surface area contributed by atoms with Crippen LogP contribution >= 0.6 is 23.4 Å². The molecule has 0 radical (unpaired) electrons. The van der Waals surface area contributed by atoms with Gasteiger partial charge in [0, 0.05) is 16.8 Å². The van der Waals surface area contributed by atoms with Crippen LogP contribution in [-0.2, 0) is 15.3 Å². The van der Waals surface area contributed by atoms with E-state index >= 15 is 0 Å². The third-order valence-electron chi connectivity index (χ3n) is 3.56. The lowest BCUT2D eigenvalue weighted by molar-refractivity contribution is -0.141. The molecule has 1 aliphatic carbocycles. The molecule has 1 aromatic carbocycles. The van der Waals surface area contributed by atoms with Crippen molar-refractivity contribution in [1.82, 2.24) is 5.32 Å². The number of carboxylic acid groups (broad SMARTS) is 1. The van der Waals surface area contributed by atoms with E-state index < -0.39 is 5.97 Å². The fraction of sp³-hybridized carbons (Fsp3) is 0.467. The number of hydrogen-bond acceptors (Lipinski definition) is 3. The van der Waals surface area contributed by atoms with Gasteiger partial charge in [-0.3, -0.25) is 9.59 Å². The van der Waals surface area contributed by atoms with Crippen LogP contribution in [0.4, 0.5) is 0 Å². The summed E-state index contributed by atoms with van der Waals surface area (Å²) in [7, 11) is 0. The summed E-state index contributed by atoms with van der Waals surface area (Å²) in [5.41, 5.74) is 1.13. The number of carbonyl (C=O) groups is 2. The number of carboxylic acids is 1. The van der Waals surface area contributed by atoms with E-state index in [1.54, 1.807) is 0 Å². The monoisotopic (exact) mass is 327 g/mol. The van der Waals surface area contributed by atoms with E-state index in [0.717, 1.165) is 17.7 Å². The molecular weight excluding hydrogens is 310 g/mol. The Kier molecular flexibility index (Phi) is 5.94. The molecule has 21 heavy (non-hydrogen) atoms. The number of benzene rings is 1. The molecular formula is C15H18ClNO3S. The van der Waals surface area contributed by atoms with Gasteiger partial charge in [-0.05, 0) is 37.0 Å². The normalized spacial score (nSPS) is 21.2. The Bertz CT molecular complexity index is 506. The molecule has 0 aromatic heterocycles. The van der Waals surface area contributed by atoms with Crippen LogP contribution < -0.4 is 5.32 Å². The Morgan fingerprint density at radius 1 is 1.29 bits per heavy atom. The van der Waals surface area contributed by atoms with Crippen LogP contribution in [0, 0.1) is 5.92 Å². The SMILES string of the molecule is O=C(CSCc1ccc(Cl)cc1)NC1CCC(C(=O)O)C1. The molecule has 0 bridgehead atoms. The first kappa shape index (κ1) is 16.2. The number of nitrogens with one attached hydrogen (secondary N) is 1. The summed E-state index contributed by atoms with van der Waals surface area (Å²) in [6.07, 6.45) is 1.95. The van der Waals surface area contributed by atoms with Gasteiger partial charge in [0.25, 0.3) is 0 Å². The average Bonchev–Trinajstić information content (AvgIpc) is 2.90. The first-order valence-corrected chi connectivity index (χ1v) is 8.42. The number of rotatable bonds is 6. The summed E-state index contributed by atoms with van der Waals surface area (Å²) in [6, 6.07) is 7.57. The molecule has 1 aromatic rings. The molecule has 1 amide bonds. The highest BCUT2D eigenvalue weighted by Gasteiger charge is 2.30. The molecule has 4 nitrogen and oxygen atoms in total. The minimum Gasteiger partial charge on any atom is -0.481 e. The van der Waals surface area contributed by atoms with Gasteiger partial charge in [0.1, 0.15) is 0 Å². The minimum atomic E-state index is -0.760. The number of halogens is 1. The van der Waals surface area contributed by atoms with Crippen molar-refractivity contribution in [3.05, 3.63) is 34.9 Å². The lowest BCUT2D eigenvalue weighted by Crippen LogP contribution is -2.34. The second-order valence-corrected chi connectivity index (χ2v) is 6.65. The summed E-state index contributed by atoms with van der Waals surface area (Å²) in [5, 5.41) is 12.5. The predicted molar refractivity (Wildman–Crippen MR) is 84.5 cm³/mol. The zero-order valence-corrected chi connectivity index (χ0v) is 13.1. The zero-order valence-electron chi connectivity index (χ0n) is 11.5. The highest BCUT2D eigenvalue weighted by atomic mass is 35.5. The molecule has 1 aliphatic rings. The topological polar surface area (TPSA) is 66.4 Å². The number of aliphatic carboxylic acids is 1. The maximum Gasteiger partial charge on any atom is 0.306 e. The van der Waals surface area contributed by atoms with Gasteiger partial charge in [0.15, 0.2) is 0 Å². The van der Waals surface area contributed by atoms with Gasteiger partial charge in [0.05, 0.1) is 11.7 Å². The fourth-order valence-corrected chi connectivity index (χ4v) is 3.37. The average molecular weight is 328 g/mol. The van der Waals surface area contributed by atoms with E-state index in [1.165, 1.54) is 11.8 Å². The molecule has 2 N–H and O–H groups in total. The largest absolute Gasteiger partial charge is 0.481 e. The lowest BCUT2D eigenvalue weighted by atomic mass is 10.1. The Morgan fingerprint density at radius 3 is 2.62 bits per heavy atom. The Hall–Kier alpha value is -1.20. The molecule has 114 valence electrons. The van der Waals surface area contributed by atoms with Gasteiger partial charge >= 0.3 is 5.97 Å². The van der Waals surface area contributed by atoms with Crippen molar-refractivity contribution < 1.29 is 14.7 Å². The summed E-state index contributed by atoms with van der Waals surface area (Å²) >= 11 is 7.35. The maximum atomic E-state index is 11.8. The molecule has 0 aliphatic heterocycles. The van der Waals surface area contributed by atoms with Gasteiger partial charge in [-0.15, -0.1) is 11.8 Å². The Labute approximate surface area is 133 Å². The molecule has 0 heterocycles. The predicted octanol–water partition coefficient (Wildman–Crippen LogP) is 2.94. The zero-order chi connectivity index (χ0) is 15.2. The van der Waals surface area contributed by atoms with Gasteiger partial charge in [-0.1, -0.05) is 23.7 Å². The van der Waals surface area contributed by atoms with E-state index in [2.05, 4.69) is 5.32 Å². The summed E-state index contributed by atoms with van der Waals surface area (Å²) < 4.78 is 0. The number of thioether (sulfide) groups is 1. The number of carbonyl (C=O) groups excluding carboxylic acids is 1. The van der Waals surface area contributed by atoms with Crippen molar-refractivity contribution in [2.45, 2.75) is 31.1 Å². The van der Waals surface area contributed by atoms with Crippen molar-refractivity contribution in [3.8, 4) is 0 Å². The van der Waals surface area contributed by atoms with Crippen LogP contribution in [0.2, 0.25) is 5.02 Å².